The first-order valence-corrected chi connectivity index (χ1v) is 6.14. The highest BCUT2D eigenvalue weighted by atomic mass is 16.5. The highest BCUT2D eigenvalue weighted by molar-refractivity contribution is 5.89. The maximum atomic E-state index is 11.3. The SMILES string of the molecule is COC(=O)c1ccc(/C=C/c2cccc(C=O)c2)cc1. The van der Waals surface area contributed by atoms with Gasteiger partial charge < -0.3 is 4.74 Å². The molecule has 2 rings (SSSR count). The number of carbonyl (C=O) groups is 2. The van der Waals surface area contributed by atoms with Crippen molar-refractivity contribution in [2.75, 3.05) is 7.11 Å². The molecule has 0 radical (unpaired) electrons. The Labute approximate surface area is 117 Å². The van der Waals surface area contributed by atoms with Gasteiger partial charge in [-0.2, -0.15) is 0 Å². The van der Waals surface area contributed by atoms with Crippen LogP contribution in [0.3, 0.4) is 0 Å². The van der Waals surface area contributed by atoms with Crippen molar-refractivity contribution in [1.29, 1.82) is 0 Å². The molecule has 2 aromatic carbocycles. The number of methoxy groups -OCH3 is 1. The van der Waals surface area contributed by atoms with Gasteiger partial charge in [-0.25, -0.2) is 4.79 Å². The Morgan fingerprint density at radius 3 is 2.25 bits per heavy atom. The van der Waals surface area contributed by atoms with E-state index in [4.69, 9.17) is 0 Å². The molecule has 0 saturated carbocycles. The predicted octanol–water partition coefficient (Wildman–Crippen LogP) is 3.46. The highest BCUT2D eigenvalue weighted by Crippen LogP contribution is 2.11. The molecule has 0 atom stereocenters. The summed E-state index contributed by atoms with van der Waals surface area (Å²) in [6, 6.07) is 14.4. The van der Waals surface area contributed by atoms with Crippen molar-refractivity contribution >= 4 is 24.4 Å². The number of ether oxygens (including phenoxy) is 1. The van der Waals surface area contributed by atoms with Gasteiger partial charge in [0.05, 0.1) is 12.7 Å². The van der Waals surface area contributed by atoms with Crippen molar-refractivity contribution in [2.45, 2.75) is 0 Å². The van der Waals surface area contributed by atoms with Crippen LogP contribution >= 0.6 is 0 Å². The van der Waals surface area contributed by atoms with Crippen LogP contribution in [0, 0.1) is 0 Å². The Hall–Kier alpha value is -2.68. The van der Waals surface area contributed by atoms with Gasteiger partial charge in [-0.15, -0.1) is 0 Å². The molecule has 2 aromatic rings. The Morgan fingerprint density at radius 1 is 0.950 bits per heavy atom. The van der Waals surface area contributed by atoms with Gasteiger partial charge >= 0.3 is 5.97 Å². The fraction of sp³-hybridized carbons (Fsp3) is 0.0588. The molecule has 0 N–H and O–H groups in total. The molecule has 100 valence electrons. The van der Waals surface area contributed by atoms with Crippen molar-refractivity contribution in [2.24, 2.45) is 0 Å². The molecular formula is C17H14O3. The number of esters is 1. The van der Waals surface area contributed by atoms with E-state index in [1.54, 1.807) is 18.2 Å². The summed E-state index contributed by atoms with van der Waals surface area (Å²) in [5, 5.41) is 0. The molecule has 0 amide bonds. The van der Waals surface area contributed by atoms with Crippen LogP contribution in [0.25, 0.3) is 12.2 Å². The molecule has 0 fully saturated rings. The van der Waals surface area contributed by atoms with E-state index < -0.39 is 0 Å². The van der Waals surface area contributed by atoms with Crippen LogP contribution in [-0.2, 0) is 4.74 Å². The van der Waals surface area contributed by atoms with Crippen LogP contribution in [0.5, 0.6) is 0 Å². The average Bonchev–Trinajstić information content (AvgIpc) is 2.53. The van der Waals surface area contributed by atoms with E-state index in [0.29, 0.717) is 11.1 Å². The van der Waals surface area contributed by atoms with Crippen LogP contribution in [0.1, 0.15) is 31.8 Å². The first kappa shape index (κ1) is 13.7. The van der Waals surface area contributed by atoms with Gasteiger partial charge in [0.15, 0.2) is 0 Å². The lowest BCUT2D eigenvalue weighted by Gasteiger charge is -1.99. The van der Waals surface area contributed by atoms with E-state index in [0.717, 1.165) is 17.4 Å². The fourth-order valence-corrected chi connectivity index (χ4v) is 1.78. The van der Waals surface area contributed by atoms with E-state index in [1.807, 2.05) is 42.5 Å². The minimum absolute atomic E-state index is 0.348. The maximum absolute atomic E-state index is 11.3. The van der Waals surface area contributed by atoms with Crippen LogP contribution < -0.4 is 0 Å². The first-order valence-electron chi connectivity index (χ1n) is 6.14. The molecule has 0 unspecified atom stereocenters. The van der Waals surface area contributed by atoms with Crippen molar-refractivity contribution < 1.29 is 14.3 Å². The Bertz CT molecular complexity index is 640. The Kier molecular flexibility index (Phi) is 4.45. The lowest BCUT2D eigenvalue weighted by Crippen LogP contribution is -2.00. The van der Waals surface area contributed by atoms with Gasteiger partial charge in [0.2, 0.25) is 0 Å². The number of hydrogen-bond acceptors (Lipinski definition) is 3. The minimum Gasteiger partial charge on any atom is -0.465 e. The van der Waals surface area contributed by atoms with Gasteiger partial charge in [0, 0.05) is 5.56 Å². The first-order chi connectivity index (χ1) is 9.72. The second-order valence-corrected chi connectivity index (χ2v) is 4.23. The van der Waals surface area contributed by atoms with Crippen LogP contribution in [0.15, 0.2) is 48.5 Å². The number of benzene rings is 2. The van der Waals surface area contributed by atoms with Crippen LogP contribution in [0.2, 0.25) is 0 Å². The molecule has 0 aliphatic carbocycles. The molecule has 0 spiro atoms. The Balaban J connectivity index is 2.14. The van der Waals surface area contributed by atoms with Gasteiger partial charge in [-0.3, -0.25) is 4.79 Å². The van der Waals surface area contributed by atoms with Crippen molar-refractivity contribution in [3.05, 3.63) is 70.8 Å². The second-order valence-electron chi connectivity index (χ2n) is 4.23. The zero-order valence-corrected chi connectivity index (χ0v) is 11.1. The largest absolute Gasteiger partial charge is 0.465 e. The van der Waals surface area contributed by atoms with Crippen LogP contribution in [0.4, 0.5) is 0 Å². The molecule has 0 heterocycles. The molecule has 0 aromatic heterocycles. The average molecular weight is 266 g/mol. The summed E-state index contributed by atoms with van der Waals surface area (Å²) in [6.45, 7) is 0. The van der Waals surface area contributed by atoms with Crippen LogP contribution in [-0.4, -0.2) is 19.4 Å². The monoisotopic (exact) mass is 266 g/mol. The summed E-state index contributed by atoms with van der Waals surface area (Å²) in [5.74, 6) is -0.348. The van der Waals surface area contributed by atoms with Gasteiger partial charge in [-0.1, -0.05) is 42.5 Å². The second kappa shape index (κ2) is 6.48. The summed E-state index contributed by atoms with van der Waals surface area (Å²) in [6.07, 6.45) is 4.66. The van der Waals surface area contributed by atoms with E-state index in [-0.39, 0.29) is 5.97 Å². The summed E-state index contributed by atoms with van der Waals surface area (Å²) < 4.78 is 4.64. The topological polar surface area (TPSA) is 43.4 Å². The Morgan fingerprint density at radius 2 is 1.60 bits per heavy atom. The van der Waals surface area contributed by atoms with E-state index in [1.165, 1.54) is 7.11 Å². The van der Waals surface area contributed by atoms with Crippen molar-refractivity contribution in [1.82, 2.24) is 0 Å². The quantitative estimate of drug-likeness (QED) is 0.483. The molecule has 3 nitrogen and oxygen atoms in total. The summed E-state index contributed by atoms with van der Waals surface area (Å²) in [7, 11) is 1.36. The summed E-state index contributed by atoms with van der Waals surface area (Å²) in [5.41, 5.74) is 3.08. The van der Waals surface area contributed by atoms with E-state index in [2.05, 4.69) is 4.74 Å². The number of rotatable bonds is 4. The minimum atomic E-state index is -0.348. The molecule has 0 aliphatic heterocycles. The number of aldehydes is 1. The third-order valence-electron chi connectivity index (χ3n) is 2.85. The smallest absolute Gasteiger partial charge is 0.337 e. The molecule has 0 saturated heterocycles. The lowest BCUT2D eigenvalue weighted by atomic mass is 10.1. The normalized spacial score (nSPS) is 10.4. The van der Waals surface area contributed by atoms with Gasteiger partial charge in [0.1, 0.15) is 6.29 Å². The molecule has 20 heavy (non-hydrogen) atoms. The predicted molar refractivity (Wildman–Crippen MR) is 78.5 cm³/mol. The maximum Gasteiger partial charge on any atom is 0.337 e. The standard InChI is InChI=1S/C17H14O3/c1-20-17(19)16-9-7-13(8-10-16)5-6-14-3-2-4-15(11-14)12-18/h2-12H,1H3/b6-5+. The molecule has 0 bridgehead atoms. The molecule has 3 heteroatoms. The third kappa shape index (κ3) is 3.42. The summed E-state index contributed by atoms with van der Waals surface area (Å²) in [4.78, 5) is 22.0. The van der Waals surface area contributed by atoms with E-state index in [9.17, 15) is 9.59 Å². The fourth-order valence-electron chi connectivity index (χ4n) is 1.78. The molecule has 0 aliphatic rings. The zero-order chi connectivity index (χ0) is 14.4. The van der Waals surface area contributed by atoms with E-state index >= 15 is 0 Å². The zero-order valence-electron chi connectivity index (χ0n) is 11.1. The van der Waals surface area contributed by atoms with Crippen molar-refractivity contribution in [3.8, 4) is 0 Å². The lowest BCUT2D eigenvalue weighted by molar-refractivity contribution is 0.0600. The van der Waals surface area contributed by atoms with Gasteiger partial charge in [0.25, 0.3) is 0 Å². The highest BCUT2D eigenvalue weighted by Gasteiger charge is 2.02. The van der Waals surface area contributed by atoms with Crippen molar-refractivity contribution in [3.63, 3.8) is 0 Å². The third-order valence-corrected chi connectivity index (χ3v) is 2.85. The number of hydrogen-bond donors (Lipinski definition) is 0. The van der Waals surface area contributed by atoms with Gasteiger partial charge in [-0.05, 0) is 29.3 Å². The number of carbonyl (C=O) groups excluding carboxylic acids is 2. The summed E-state index contributed by atoms with van der Waals surface area (Å²) >= 11 is 0. The molecular weight excluding hydrogens is 252 g/mol.